The van der Waals surface area contributed by atoms with Gasteiger partial charge in [-0.1, -0.05) is 29.8 Å². The minimum absolute atomic E-state index is 0.0633. The van der Waals surface area contributed by atoms with Crippen molar-refractivity contribution in [2.24, 2.45) is 0 Å². The Hall–Kier alpha value is -1.39. The van der Waals surface area contributed by atoms with Crippen molar-refractivity contribution in [2.45, 2.75) is 25.8 Å². The van der Waals surface area contributed by atoms with Gasteiger partial charge in [-0.25, -0.2) is 0 Å². The number of aliphatic hydroxyl groups is 1. The van der Waals surface area contributed by atoms with Crippen molar-refractivity contribution in [1.82, 2.24) is 5.32 Å². The molecule has 1 aromatic carbocycles. The summed E-state index contributed by atoms with van der Waals surface area (Å²) in [4.78, 5) is 11.6. The smallest absolute Gasteiger partial charge is 0.220 e. The third-order valence-corrected chi connectivity index (χ3v) is 2.71. The summed E-state index contributed by atoms with van der Waals surface area (Å²) in [6.45, 7) is 2.25. The van der Waals surface area contributed by atoms with Gasteiger partial charge in [0.05, 0.1) is 19.3 Å². The molecule has 0 aromatic heterocycles. The monoisotopic (exact) mass is 251 g/mol. The molecule has 1 aromatic rings. The first-order valence-corrected chi connectivity index (χ1v) is 6.10. The number of rotatable bonds is 7. The molecule has 18 heavy (non-hydrogen) atoms. The molecule has 0 spiro atoms. The number of aryl methyl sites for hydroxylation is 2. The highest BCUT2D eigenvalue weighted by molar-refractivity contribution is 5.76. The Morgan fingerprint density at radius 3 is 2.61 bits per heavy atom. The van der Waals surface area contributed by atoms with Gasteiger partial charge >= 0.3 is 0 Å². The maximum Gasteiger partial charge on any atom is 0.220 e. The molecular weight excluding hydrogens is 230 g/mol. The predicted molar refractivity (Wildman–Crippen MR) is 70.4 cm³/mol. The molecule has 0 saturated carbocycles. The van der Waals surface area contributed by atoms with E-state index >= 15 is 0 Å². The normalized spacial score (nSPS) is 12.2. The molecule has 0 radical (unpaired) electrons. The first-order chi connectivity index (χ1) is 8.65. The molecular formula is C14H21NO3. The highest BCUT2D eigenvalue weighted by atomic mass is 16.5. The Bertz CT molecular complexity index is 362. The molecule has 1 rings (SSSR count). The molecule has 4 heteroatoms. The number of carbonyl (C=O) groups excluding carboxylic acids is 1. The average molecular weight is 251 g/mol. The summed E-state index contributed by atoms with van der Waals surface area (Å²) in [5, 5.41) is 11.8. The van der Waals surface area contributed by atoms with Gasteiger partial charge in [0, 0.05) is 13.5 Å². The zero-order valence-electron chi connectivity index (χ0n) is 11.0. The molecule has 0 aliphatic rings. The standard InChI is InChI=1S/C14H21NO3/c1-11-3-5-12(6-4-11)7-8-14(17)15-13(9-16)10-18-2/h3-6,13,16H,7-10H2,1-2H3,(H,15,17). The number of hydrogen-bond donors (Lipinski definition) is 2. The third-order valence-electron chi connectivity index (χ3n) is 2.71. The zero-order valence-corrected chi connectivity index (χ0v) is 11.0. The summed E-state index contributed by atoms with van der Waals surface area (Å²) in [6.07, 6.45) is 1.13. The maximum absolute atomic E-state index is 11.6. The lowest BCUT2D eigenvalue weighted by Gasteiger charge is -2.15. The first kappa shape index (κ1) is 14.7. The summed E-state index contributed by atoms with van der Waals surface area (Å²) in [5.41, 5.74) is 2.35. The van der Waals surface area contributed by atoms with Crippen LogP contribution in [-0.4, -0.2) is 37.4 Å². The molecule has 1 amide bonds. The van der Waals surface area contributed by atoms with Crippen molar-refractivity contribution < 1.29 is 14.6 Å². The fourth-order valence-electron chi connectivity index (χ4n) is 1.65. The van der Waals surface area contributed by atoms with Crippen LogP contribution in [0.5, 0.6) is 0 Å². The zero-order chi connectivity index (χ0) is 13.4. The van der Waals surface area contributed by atoms with E-state index < -0.39 is 0 Å². The highest BCUT2D eigenvalue weighted by Crippen LogP contribution is 2.05. The van der Waals surface area contributed by atoms with Crippen molar-refractivity contribution in [3.63, 3.8) is 0 Å². The molecule has 0 aliphatic carbocycles. The Morgan fingerprint density at radius 1 is 1.39 bits per heavy atom. The second-order valence-electron chi connectivity index (χ2n) is 4.39. The number of carbonyl (C=O) groups is 1. The lowest BCUT2D eigenvalue weighted by atomic mass is 10.1. The lowest BCUT2D eigenvalue weighted by Crippen LogP contribution is -2.40. The molecule has 100 valence electrons. The lowest BCUT2D eigenvalue weighted by molar-refractivity contribution is -0.122. The van der Waals surface area contributed by atoms with E-state index in [4.69, 9.17) is 9.84 Å². The van der Waals surface area contributed by atoms with Crippen LogP contribution in [0.3, 0.4) is 0 Å². The van der Waals surface area contributed by atoms with Crippen molar-refractivity contribution in [3.05, 3.63) is 35.4 Å². The van der Waals surface area contributed by atoms with Crippen LogP contribution in [0.4, 0.5) is 0 Å². The van der Waals surface area contributed by atoms with E-state index in [1.165, 1.54) is 5.56 Å². The van der Waals surface area contributed by atoms with E-state index in [9.17, 15) is 4.79 Å². The Morgan fingerprint density at radius 2 is 2.06 bits per heavy atom. The van der Waals surface area contributed by atoms with Crippen LogP contribution in [0.15, 0.2) is 24.3 Å². The van der Waals surface area contributed by atoms with Gasteiger partial charge in [-0.3, -0.25) is 4.79 Å². The fourth-order valence-corrected chi connectivity index (χ4v) is 1.65. The molecule has 0 heterocycles. The number of hydrogen-bond acceptors (Lipinski definition) is 3. The van der Waals surface area contributed by atoms with E-state index in [-0.39, 0.29) is 18.6 Å². The molecule has 0 aliphatic heterocycles. The summed E-state index contributed by atoms with van der Waals surface area (Å²) in [5.74, 6) is -0.0633. The SMILES string of the molecule is COCC(CO)NC(=O)CCc1ccc(C)cc1. The minimum Gasteiger partial charge on any atom is -0.394 e. The van der Waals surface area contributed by atoms with Crippen molar-refractivity contribution >= 4 is 5.91 Å². The number of benzene rings is 1. The average Bonchev–Trinajstić information content (AvgIpc) is 2.37. The van der Waals surface area contributed by atoms with Crippen LogP contribution in [0, 0.1) is 6.92 Å². The van der Waals surface area contributed by atoms with Gasteiger partial charge < -0.3 is 15.2 Å². The van der Waals surface area contributed by atoms with Crippen molar-refractivity contribution in [2.75, 3.05) is 20.3 Å². The molecule has 1 atom stereocenters. The molecule has 4 nitrogen and oxygen atoms in total. The summed E-state index contributed by atoms with van der Waals surface area (Å²) in [6, 6.07) is 7.81. The molecule has 2 N–H and O–H groups in total. The van der Waals surface area contributed by atoms with Crippen LogP contribution in [0.2, 0.25) is 0 Å². The van der Waals surface area contributed by atoms with Gasteiger partial charge in [0.15, 0.2) is 0 Å². The number of nitrogens with one attached hydrogen (secondary N) is 1. The van der Waals surface area contributed by atoms with Crippen molar-refractivity contribution in [1.29, 1.82) is 0 Å². The molecule has 0 bridgehead atoms. The van der Waals surface area contributed by atoms with E-state index in [2.05, 4.69) is 5.32 Å². The number of amides is 1. The van der Waals surface area contributed by atoms with Crippen LogP contribution >= 0.6 is 0 Å². The topological polar surface area (TPSA) is 58.6 Å². The number of methoxy groups -OCH3 is 1. The largest absolute Gasteiger partial charge is 0.394 e. The summed E-state index contributed by atoms with van der Waals surface area (Å²) >= 11 is 0. The van der Waals surface area contributed by atoms with Gasteiger partial charge in [0.25, 0.3) is 0 Å². The van der Waals surface area contributed by atoms with Gasteiger partial charge in [-0.15, -0.1) is 0 Å². The summed E-state index contributed by atoms with van der Waals surface area (Å²) < 4.78 is 4.90. The Labute approximate surface area is 108 Å². The second-order valence-corrected chi connectivity index (χ2v) is 4.39. The van der Waals surface area contributed by atoms with Crippen molar-refractivity contribution in [3.8, 4) is 0 Å². The van der Waals surface area contributed by atoms with E-state index in [1.54, 1.807) is 7.11 Å². The highest BCUT2D eigenvalue weighted by Gasteiger charge is 2.10. The fraction of sp³-hybridized carbons (Fsp3) is 0.500. The quantitative estimate of drug-likeness (QED) is 0.761. The molecule has 0 saturated heterocycles. The maximum atomic E-state index is 11.6. The number of ether oxygens (including phenoxy) is 1. The minimum atomic E-state index is -0.319. The van der Waals surface area contributed by atoms with Gasteiger partial charge in [-0.05, 0) is 18.9 Å². The van der Waals surface area contributed by atoms with Gasteiger partial charge in [0.1, 0.15) is 0 Å². The van der Waals surface area contributed by atoms with Crippen LogP contribution < -0.4 is 5.32 Å². The number of aliphatic hydroxyl groups excluding tert-OH is 1. The van der Waals surface area contributed by atoms with Crippen LogP contribution in [-0.2, 0) is 16.0 Å². The van der Waals surface area contributed by atoms with Crippen LogP contribution in [0.1, 0.15) is 17.5 Å². The third kappa shape index (κ3) is 5.29. The first-order valence-electron chi connectivity index (χ1n) is 6.10. The van der Waals surface area contributed by atoms with Gasteiger partial charge in [-0.2, -0.15) is 0 Å². The van der Waals surface area contributed by atoms with E-state index in [0.717, 1.165) is 5.56 Å². The Kier molecular flexibility index (Phi) is 6.39. The Balaban J connectivity index is 2.34. The van der Waals surface area contributed by atoms with E-state index in [1.807, 2.05) is 31.2 Å². The van der Waals surface area contributed by atoms with Gasteiger partial charge in [0.2, 0.25) is 5.91 Å². The predicted octanol–water partition coefficient (Wildman–Crippen LogP) is 1.05. The summed E-state index contributed by atoms with van der Waals surface area (Å²) in [7, 11) is 1.54. The van der Waals surface area contributed by atoms with E-state index in [0.29, 0.717) is 19.4 Å². The van der Waals surface area contributed by atoms with Crippen LogP contribution in [0.25, 0.3) is 0 Å². The molecule has 0 fully saturated rings. The second kappa shape index (κ2) is 7.84. The molecule has 1 unspecified atom stereocenters.